The molecule has 0 radical (unpaired) electrons. The number of nitrogens with zero attached hydrogens (tertiary/aromatic N) is 1. The maximum Gasteiger partial charge on any atom is 0.257 e. The summed E-state index contributed by atoms with van der Waals surface area (Å²) in [6, 6.07) is 13.3. The summed E-state index contributed by atoms with van der Waals surface area (Å²) in [5.41, 5.74) is 0.580. The van der Waals surface area contributed by atoms with Gasteiger partial charge in [0.15, 0.2) is 0 Å². The zero-order valence-corrected chi connectivity index (χ0v) is 13.8. The number of rotatable bonds is 5. The van der Waals surface area contributed by atoms with Gasteiger partial charge in [-0.3, -0.25) is 9.69 Å². The molecule has 2 aromatic rings. The molecule has 1 aliphatic rings. The number of halogens is 2. The molecular weight excluding hydrogens is 326 g/mol. The molecule has 3 rings (SSSR count). The average Bonchev–Trinajstić information content (AvgIpc) is 2.63. The molecule has 0 aromatic heterocycles. The van der Waals surface area contributed by atoms with Gasteiger partial charge in [0.05, 0.1) is 12.7 Å². The maximum absolute atomic E-state index is 13.6. The summed E-state index contributed by atoms with van der Waals surface area (Å²) in [5.74, 6) is -2.44. The number of hydrogen-bond acceptors (Lipinski definition) is 3. The lowest BCUT2D eigenvalue weighted by Crippen LogP contribution is -2.42. The van der Waals surface area contributed by atoms with E-state index in [1.807, 2.05) is 30.3 Å². The Labute approximate surface area is 145 Å². The number of carbonyl (C=O) groups excluding carboxylic acids is 1. The fourth-order valence-electron chi connectivity index (χ4n) is 2.91. The summed E-state index contributed by atoms with van der Waals surface area (Å²) in [4.78, 5) is 14.1. The maximum atomic E-state index is 13.6. The quantitative estimate of drug-likeness (QED) is 0.905. The van der Waals surface area contributed by atoms with E-state index in [1.54, 1.807) is 0 Å². The van der Waals surface area contributed by atoms with E-state index in [4.69, 9.17) is 4.74 Å². The minimum absolute atomic E-state index is 0.00494. The van der Waals surface area contributed by atoms with Gasteiger partial charge in [-0.05, 0) is 17.7 Å². The highest BCUT2D eigenvalue weighted by atomic mass is 19.1. The zero-order valence-electron chi connectivity index (χ0n) is 13.8. The van der Waals surface area contributed by atoms with Gasteiger partial charge in [-0.1, -0.05) is 36.4 Å². The summed E-state index contributed by atoms with van der Waals surface area (Å²) >= 11 is 0. The average molecular weight is 346 g/mol. The molecule has 0 aliphatic carbocycles. The Kier molecular flexibility index (Phi) is 5.73. The second kappa shape index (κ2) is 8.18. The van der Waals surface area contributed by atoms with Crippen molar-refractivity contribution in [2.24, 2.45) is 0 Å². The van der Waals surface area contributed by atoms with Crippen LogP contribution in [-0.4, -0.2) is 43.6 Å². The Hall–Kier alpha value is -2.31. The largest absolute Gasteiger partial charge is 0.371 e. The molecule has 0 saturated carbocycles. The molecule has 1 heterocycles. The topological polar surface area (TPSA) is 41.6 Å². The predicted octanol–water partition coefficient (Wildman–Crippen LogP) is 2.77. The van der Waals surface area contributed by atoms with Crippen molar-refractivity contribution in [2.75, 3.05) is 32.8 Å². The molecule has 0 bridgehead atoms. The molecule has 2 aromatic carbocycles. The van der Waals surface area contributed by atoms with Gasteiger partial charge in [-0.25, -0.2) is 8.78 Å². The Morgan fingerprint density at radius 3 is 2.56 bits per heavy atom. The van der Waals surface area contributed by atoms with E-state index in [2.05, 4.69) is 10.2 Å². The molecule has 25 heavy (non-hydrogen) atoms. The fraction of sp³-hybridized carbons (Fsp3) is 0.316. The number of benzene rings is 2. The second-order valence-corrected chi connectivity index (χ2v) is 5.92. The molecule has 1 amide bonds. The monoisotopic (exact) mass is 346 g/mol. The van der Waals surface area contributed by atoms with Crippen LogP contribution in [0, 0.1) is 11.6 Å². The van der Waals surface area contributed by atoms with Crippen molar-refractivity contribution in [1.82, 2.24) is 10.2 Å². The third kappa shape index (κ3) is 4.41. The van der Waals surface area contributed by atoms with E-state index in [-0.39, 0.29) is 6.10 Å². The minimum Gasteiger partial charge on any atom is -0.371 e. The Morgan fingerprint density at radius 2 is 1.84 bits per heavy atom. The number of amides is 1. The summed E-state index contributed by atoms with van der Waals surface area (Å²) in [6.45, 7) is 2.99. The van der Waals surface area contributed by atoms with E-state index >= 15 is 0 Å². The van der Waals surface area contributed by atoms with Crippen molar-refractivity contribution >= 4 is 5.91 Å². The molecule has 0 spiro atoms. The van der Waals surface area contributed by atoms with Crippen molar-refractivity contribution in [3.05, 3.63) is 71.3 Å². The Balaban J connectivity index is 1.51. The smallest absolute Gasteiger partial charge is 0.257 e. The Bertz CT molecular complexity index is 704. The molecule has 1 saturated heterocycles. The van der Waals surface area contributed by atoms with E-state index in [0.29, 0.717) is 26.2 Å². The lowest BCUT2D eigenvalue weighted by atomic mass is 10.1. The first-order chi connectivity index (χ1) is 12.1. The van der Waals surface area contributed by atoms with Crippen LogP contribution in [0.15, 0.2) is 48.5 Å². The van der Waals surface area contributed by atoms with Gasteiger partial charge < -0.3 is 10.1 Å². The SMILES string of the molecule is O=C(NCCN1CCOC(c2ccccc2)C1)c1c(F)cccc1F. The van der Waals surface area contributed by atoms with E-state index in [9.17, 15) is 13.6 Å². The van der Waals surface area contributed by atoms with Gasteiger partial charge in [-0.15, -0.1) is 0 Å². The second-order valence-electron chi connectivity index (χ2n) is 5.92. The molecule has 1 N–H and O–H groups in total. The third-order valence-corrected chi connectivity index (χ3v) is 4.23. The first-order valence-electron chi connectivity index (χ1n) is 8.26. The number of nitrogens with one attached hydrogen (secondary N) is 1. The lowest BCUT2D eigenvalue weighted by molar-refractivity contribution is -0.0293. The first kappa shape index (κ1) is 17.5. The van der Waals surface area contributed by atoms with Crippen molar-refractivity contribution in [3.8, 4) is 0 Å². The first-order valence-corrected chi connectivity index (χ1v) is 8.26. The lowest BCUT2D eigenvalue weighted by Gasteiger charge is -2.33. The van der Waals surface area contributed by atoms with Crippen LogP contribution >= 0.6 is 0 Å². The van der Waals surface area contributed by atoms with Crippen LogP contribution in [0.4, 0.5) is 8.78 Å². The fourth-order valence-corrected chi connectivity index (χ4v) is 2.91. The van der Waals surface area contributed by atoms with Gasteiger partial charge in [-0.2, -0.15) is 0 Å². The van der Waals surface area contributed by atoms with Crippen LogP contribution in [0.25, 0.3) is 0 Å². The van der Waals surface area contributed by atoms with Crippen LogP contribution in [0.3, 0.4) is 0 Å². The Morgan fingerprint density at radius 1 is 1.12 bits per heavy atom. The molecule has 1 fully saturated rings. The number of ether oxygens (including phenoxy) is 1. The number of carbonyl (C=O) groups is 1. The van der Waals surface area contributed by atoms with Crippen molar-refractivity contribution in [2.45, 2.75) is 6.10 Å². The standard InChI is InChI=1S/C19H20F2N2O2/c20-15-7-4-8-16(21)18(15)19(24)22-9-10-23-11-12-25-17(13-23)14-5-2-1-3-6-14/h1-8,17H,9-13H2,(H,22,24). The van der Waals surface area contributed by atoms with Crippen LogP contribution in [0.1, 0.15) is 22.0 Å². The number of hydrogen-bond donors (Lipinski definition) is 1. The molecule has 1 unspecified atom stereocenters. The molecule has 132 valence electrons. The molecular formula is C19H20F2N2O2. The summed E-state index contributed by atoms with van der Waals surface area (Å²) in [5, 5.41) is 2.58. The van der Waals surface area contributed by atoms with E-state index in [0.717, 1.165) is 24.2 Å². The highest BCUT2D eigenvalue weighted by Gasteiger charge is 2.22. The molecule has 1 atom stereocenters. The summed E-state index contributed by atoms with van der Waals surface area (Å²) in [7, 11) is 0. The zero-order chi connectivity index (χ0) is 17.6. The van der Waals surface area contributed by atoms with Gasteiger partial charge in [0.2, 0.25) is 0 Å². The predicted molar refractivity (Wildman–Crippen MR) is 90.3 cm³/mol. The van der Waals surface area contributed by atoms with Crippen LogP contribution in [0.2, 0.25) is 0 Å². The minimum atomic E-state index is -0.854. The van der Waals surface area contributed by atoms with E-state index < -0.39 is 23.1 Å². The van der Waals surface area contributed by atoms with Crippen molar-refractivity contribution in [3.63, 3.8) is 0 Å². The molecule has 4 nitrogen and oxygen atoms in total. The summed E-state index contributed by atoms with van der Waals surface area (Å²) in [6.07, 6.45) is -0.00494. The van der Waals surface area contributed by atoms with Crippen molar-refractivity contribution < 1.29 is 18.3 Å². The van der Waals surface area contributed by atoms with Gasteiger partial charge >= 0.3 is 0 Å². The van der Waals surface area contributed by atoms with E-state index in [1.165, 1.54) is 6.07 Å². The van der Waals surface area contributed by atoms with Gasteiger partial charge in [0.25, 0.3) is 5.91 Å². The van der Waals surface area contributed by atoms with Crippen LogP contribution in [0.5, 0.6) is 0 Å². The molecule has 1 aliphatic heterocycles. The van der Waals surface area contributed by atoms with Crippen LogP contribution in [-0.2, 0) is 4.74 Å². The van der Waals surface area contributed by atoms with Crippen molar-refractivity contribution in [1.29, 1.82) is 0 Å². The normalized spacial score (nSPS) is 18.1. The number of morpholine rings is 1. The van der Waals surface area contributed by atoms with Gasteiger partial charge in [0, 0.05) is 26.2 Å². The highest BCUT2D eigenvalue weighted by Crippen LogP contribution is 2.21. The molecule has 6 heteroatoms. The third-order valence-electron chi connectivity index (χ3n) is 4.23. The van der Waals surface area contributed by atoms with Crippen LogP contribution < -0.4 is 5.32 Å². The van der Waals surface area contributed by atoms with Gasteiger partial charge in [0.1, 0.15) is 17.2 Å². The highest BCUT2D eigenvalue weighted by molar-refractivity contribution is 5.94. The summed E-state index contributed by atoms with van der Waals surface area (Å²) < 4.78 is 33.0.